The molecule has 0 fully saturated rings. The van der Waals surface area contributed by atoms with Crippen LogP contribution in [0.5, 0.6) is 0 Å². The molecule has 1 unspecified atom stereocenters. The SMILES string of the molecule is O=S(O)c1ccc2c(c1)CCC2.[NaH]. The first-order chi connectivity index (χ1) is 5.77. The van der Waals surface area contributed by atoms with Crippen molar-refractivity contribution in [3.8, 4) is 0 Å². The predicted octanol–water partition coefficient (Wildman–Crippen LogP) is 1.11. The first-order valence-corrected chi connectivity index (χ1v) is 5.11. The third-order valence-corrected chi connectivity index (χ3v) is 2.93. The van der Waals surface area contributed by atoms with Crippen molar-refractivity contribution in [1.82, 2.24) is 0 Å². The molecule has 0 bridgehead atoms. The molecule has 1 aromatic carbocycles. The quantitative estimate of drug-likeness (QED) is 0.552. The summed E-state index contributed by atoms with van der Waals surface area (Å²) >= 11 is -1.82. The van der Waals surface area contributed by atoms with E-state index in [1.54, 1.807) is 6.07 Å². The molecule has 1 aliphatic rings. The van der Waals surface area contributed by atoms with E-state index in [4.69, 9.17) is 4.55 Å². The number of benzene rings is 1. The van der Waals surface area contributed by atoms with Gasteiger partial charge in [0.05, 0.1) is 4.90 Å². The molecule has 0 radical (unpaired) electrons. The molecule has 66 valence electrons. The summed E-state index contributed by atoms with van der Waals surface area (Å²) in [5.74, 6) is 0. The summed E-state index contributed by atoms with van der Waals surface area (Å²) < 4.78 is 19.5. The van der Waals surface area contributed by atoms with Gasteiger partial charge in [0.2, 0.25) is 0 Å². The van der Waals surface area contributed by atoms with Gasteiger partial charge in [0.25, 0.3) is 0 Å². The van der Waals surface area contributed by atoms with Crippen LogP contribution in [0.1, 0.15) is 17.5 Å². The van der Waals surface area contributed by atoms with Gasteiger partial charge in [-0.25, -0.2) is 4.21 Å². The molecule has 0 aliphatic heterocycles. The van der Waals surface area contributed by atoms with Crippen LogP contribution < -0.4 is 0 Å². The van der Waals surface area contributed by atoms with Crippen molar-refractivity contribution in [1.29, 1.82) is 0 Å². The molecule has 1 atom stereocenters. The average molecular weight is 206 g/mol. The molecule has 13 heavy (non-hydrogen) atoms. The van der Waals surface area contributed by atoms with E-state index in [0.29, 0.717) is 4.90 Å². The van der Waals surface area contributed by atoms with E-state index in [0.717, 1.165) is 12.8 Å². The topological polar surface area (TPSA) is 37.3 Å². The number of hydrogen-bond acceptors (Lipinski definition) is 1. The van der Waals surface area contributed by atoms with Gasteiger partial charge in [0, 0.05) is 0 Å². The third kappa shape index (κ3) is 2.42. The van der Waals surface area contributed by atoms with Crippen LogP contribution in [0.4, 0.5) is 0 Å². The Morgan fingerprint density at radius 3 is 2.62 bits per heavy atom. The zero-order chi connectivity index (χ0) is 8.55. The van der Waals surface area contributed by atoms with E-state index in [1.165, 1.54) is 17.5 Å². The van der Waals surface area contributed by atoms with E-state index in [9.17, 15) is 4.21 Å². The zero-order valence-corrected chi connectivity index (χ0v) is 7.43. The fraction of sp³-hybridized carbons (Fsp3) is 0.333. The molecule has 0 aromatic heterocycles. The van der Waals surface area contributed by atoms with Crippen molar-refractivity contribution in [2.45, 2.75) is 24.2 Å². The first kappa shape index (κ1) is 11.4. The van der Waals surface area contributed by atoms with E-state index >= 15 is 0 Å². The maximum absolute atomic E-state index is 10.7. The zero-order valence-electron chi connectivity index (χ0n) is 6.62. The van der Waals surface area contributed by atoms with E-state index < -0.39 is 11.1 Å². The maximum atomic E-state index is 10.7. The van der Waals surface area contributed by atoms with Crippen molar-refractivity contribution < 1.29 is 8.76 Å². The Bertz CT molecular complexity index is 338. The van der Waals surface area contributed by atoms with Crippen LogP contribution in [0.2, 0.25) is 0 Å². The van der Waals surface area contributed by atoms with Crippen LogP contribution in [-0.4, -0.2) is 38.3 Å². The fourth-order valence-corrected chi connectivity index (χ4v) is 2.08. The molecule has 4 heteroatoms. The Labute approximate surface area is 102 Å². The molecule has 2 rings (SSSR count). The second kappa shape index (κ2) is 4.71. The van der Waals surface area contributed by atoms with Crippen molar-refractivity contribution in [3.05, 3.63) is 29.3 Å². The molecule has 1 aliphatic carbocycles. The Morgan fingerprint density at radius 2 is 1.92 bits per heavy atom. The van der Waals surface area contributed by atoms with Gasteiger partial charge < -0.3 is 4.55 Å². The van der Waals surface area contributed by atoms with Gasteiger partial charge in [-0.15, -0.1) is 0 Å². The molecule has 0 spiro atoms. The molecular weight excluding hydrogens is 195 g/mol. The van der Waals surface area contributed by atoms with Crippen molar-refractivity contribution in [3.63, 3.8) is 0 Å². The number of aryl methyl sites for hydroxylation is 2. The molecule has 1 aromatic rings. The van der Waals surface area contributed by atoms with Gasteiger partial charge in [0.1, 0.15) is 0 Å². The Morgan fingerprint density at radius 1 is 1.23 bits per heavy atom. The normalized spacial score (nSPS) is 16.1. The van der Waals surface area contributed by atoms with Crippen LogP contribution in [0.15, 0.2) is 23.1 Å². The summed E-state index contributed by atoms with van der Waals surface area (Å²) in [6.45, 7) is 0. The van der Waals surface area contributed by atoms with Crippen molar-refractivity contribution in [2.75, 3.05) is 0 Å². The van der Waals surface area contributed by atoms with E-state index in [2.05, 4.69) is 0 Å². The van der Waals surface area contributed by atoms with Gasteiger partial charge in [0.15, 0.2) is 11.1 Å². The van der Waals surface area contributed by atoms with Gasteiger partial charge in [-0.3, -0.25) is 0 Å². The van der Waals surface area contributed by atoms with Crippen LogP contribution in [-0.2, 0) is 23.9 Å². The summed E-state index contributed by atoms with van der Waals surface area (Å²) in [6, 6.07) is 5.55. The summed E-state index contributed by atoms with van der Waals surface area (Å²) in [7, 11) is 0. The minimum absolute atomic E-state index is 0. The average Bonchev–Trinajstić information content (AvgIpc) is 2.49. The molecule has 0 saturated heterocycles. The second-order valence-corrected chi connectivity index (χ2v) is 4.00. The molecule has 2 nitrogen and oxygen atoms in total. The summed E-state index contributed by atoms with van der Waals surface area (Å²) in [6.07, 6.45) is 3.35. The van der Waals surface area contributed by atoms with Gasteiger partial charge in [-0.1, -0.05) is 6.07 Å². The number of hydrogen-bond donors (Lipinski definition) is 1. The monoisotopic (exact) mass is 206 g/mol. The predicted molar refractivity (Wildman–Crippen MR) is 54.7 cm³/mol. The standard InChI is InChI=1S/C9H10O2S.Na.H/c10-12(11)9-5-4-7-2-1-3-8(7)6-9;;/h4-6H,1-3H2,(H,10,11);;. The van der Waals surface area contributed by atoms with Crippen LogP contribution in [0.25, 0.3) is 0 Å². The molecule has 1 N–H and O–H groups in total. The van der Waals surface area contributed by atoms with Crippen LogP contribution in [0, 0.1) is 0 Å². The van der Waals surface area contributed by atoms with Gasteiger partial charge >= 0.3 is 29.6 Å². The molecular formula is C9H11NaO2S. The first-order valence-electron chi connectivity index (χ1n) is 4.00. The Hall–Kier alpha value is 0.330. The van der Waals surface area contributed by atoms with Crippen molar-refractivity contribution in [2.24, 2.45) is 0 Å². The van der Waals surface area contributed by atoms with Gasteiger partial charge in [-0.05, 0) is 42.5 Å². The second-order valence-electron chi connectivity index (χ2n) is 3.03. The Balaban J connectivity index is 0.000000845. The molecule has 0 saturated carbocycles. The summed E-state index contributed by atoms with van der Waals surface area (Å²) in [4.78, 5) is 0.524. The number of rotatable bonds is 1. The summed E-state index contributed by atoms with van der Waals surface area (Å²) in [5, 5.41) is 0. The Kier molecular flexibility index (Phi) is 4.13. The van der Waals surface area contributed by atoms with Crippen LogP contribution >= 0.6 is 0 Å². The fourth-order valence-electron chi connectivity index (χ4n) is 1.66. The molecule has 0 heterocycles. The van der Waals surface area contributed by atoms with Crippen molar-refractivity contribution >= 4 is 40.6 Å². The number of fused-ring (bicyclic) bond motifs is 1. The van der Waals surface area contributed by atoms with Gasteiger partial charge in [-0.2, -0.15) is 0 Å². The molecule has 0 amide bonds. The van der Waals surface area contributed by atoms with Crippen LogP contribution in [0.3, 0.4) is 0 Å². The third-order valence-electron chi connectivity index (χ3n) is 2.27. The minimum atomic E-state index is -1.82. The van der Waals surface area contributed by atoms with E-state index in [1.807, 2.05) is 12.1 Å². The summed E-state index contributed by atoms with van der Waals surface area (Å²) in [5.41, 5.74) is 2.58. The van der Waals surface area contributed by atoms with E-state index in [-0.39, 0.29) is 29.6 Å².